The maximum absolute atomic E-state index is 12.3. The molecule has 0 bridgehead atoms. The molecule has 30 heavy (non-hydrogen) atoms. The number of nitriles is 1. The van der Waals surface area contributed by atoms with Gasteiger partial charge < -0.3 is 15.5 Å². The minimum absolute atomic E-state index is 0.0567. The number of carbonyl (C=O) groups is 2. The molecule has 2 amide bonds. The van der Waals surface area contributed by atoms with Gasteiger partial charge in [-0.2, -0.15) is 5.26 Å². The lowest BCUT2D eigenvalue weighted by Gasteiger charge is -2.32. The summed E-state index contributed by atoms with van der Waals surface area (Å²) < 4.78 is 0. The number of nitrogens with one attached hydrogen (secondary N) is 2. The summed E-state index contributed by atoms with van der Waals surface area (Å²) in [5.74, 6) is 0.799. The van der Waals surface area contributed by atoms with Crippen LogP contribution in [0.25, 0.3) is 0 Å². The molecule has 0 spiro atoms. The van der Waals surface area contributed by atoms with Crippen molar-refractivity contribution in [3.05, 3.63) is 53.7 Å². The van der Waals surface area contributed by atoms with Crippen LogP contribution in [0.15, 0.2) is 42.6 Å². The van der Waals surface area contributed by atoms with Crippen molar-refractivity contribution in [1.29, 1.82) is 5.26 Å². The zero-order chi connectivity index (χ0) is 21.5. The van der Waals surface area contributed by atoms with Crippen LogP contribution in [0.2, 0.25) is 0 Å². The molecule has 156 valence electrons. The summed E-state index contributed by atoms with van der Waals surface area (Å²) >= 11 is 0. The fraction of sp³-hybridized carbons (Fsp3) is 0.391. The van der Waals surface area contributed by atoms with Crippen LogP contribution in [0.3, 0.4) is 0 Å². The van der Waals surface area contributed by atoms with Crippen LogP contribution in [-0.2, 0) is 4.79 Å². The molecule has 0 aliphatic carbocycles. The Bertz CT molecular complexity index is 910. The second kappa shape index (κ2) is 9.88. The van der Waals surface area contributed by atoms with E-state index in [9.17, 15) is 9.59 Å². The van der Waals surface area contributed by atoms with Crippen LogP contribution in [-0.4, -0.2) is 35.9 Å². The SMILES string of the molecule is CCC(C)NC(=O)C1CCN(c2ccc(NC(=O)c3ccc(C#N)cc3)cn2)CC1. The van der Waals surface area contributed by atoms with E-state index in [1.54, 1.807) is 30.5 Å². The van der Waals surface area contributed by atoms with Gasteiger partial charge in [0.05, 0.1) is 23.5 Å². The normalized spacial score (nSPS) is 15.2. The molecule has 1 aromatic carbocycles. The standard InChI is InChI=1S/C23H27N5O2/c1-3-16(2)26-22(29)19-10-12-28(13-11-19)21-9-8-20(15-25-21)27-23(30)18-6-4-17(14-24)5-7-18/h4-9,15-16,19H,3,10-13H2,1-2H3,(H,26,29)(H,27,30). The number of amides is 2. The number of piperidine rings is 1. The van der Waals surface area contributed by atoms with Crippen molar-refractivity contribution < 1.29 is 9.59 Å². The molecule has 1 unspecified atom stereocenters. The van der Waals surface area contributed by atoms with E-state index < -0.39 is 0 Å². The van der Waals surface area contributed by atoms with Crippen LogP contribution >= 0.6 is 0 Å². The van der Waals surface area contributed by atoms with Crippen LogP contribution < -0.4 is 15.5 Å². The highest BCUT2D eigenvalue weighted by Crippen LogP contribution is 2.23. The number of hydrogen-bond donors (Lipinski definition) is 2. The van der Waals surface area contributed by atoms with E-state index in [1.807, 2.05) is 25.1 Å². The molecule has 1 aliphatic heterocycles. The van der Waals surface area contributed by atoms with Crippen molar-refractivity contribution in [3.8, 4) is 6.07 Å². The molecule has 2 N–H and O–H groups in total. The number of rotatable bonds is 6. The summed E-state index contributed by atoms with van der Waals surface area (Å²) in [4.78, 5) is 31.3. The van der Waals surface area contributed by atoms with Gasteiger partial charge in [0.25, 0.3) is 5.91 Å². The molecule has 2 aromatic rings. The van der Waals surface area contributed by atoms with Gasteiger partial charge in [-0.15, -0.1) is 0 Å². The quantitative estimate of drug-likeness (QED) is 0.768. The zero-order valence-electron chi connectivity index (χ0n) is 17.4. The van der Waals surface area contributed by atoms with Gasteiger partial charge in [-0.3, -0.25) is 9.59 Å². The number of carbonyl (C=O) groups excluding carboxylic acids is 2. The average molecular weight is 406 g/mol. The van der Waals surface area contributed by atoms with Crippen molar-refractivity contribution in [1.82, 2.24) is 10.3 Å². The summed E-state index contributed by atoms with van der Waals surface area (Å²) in [5.41, 5.74) is 1.60. The van der Waals surface area contributed by atoms with E-state index in [0.717, 1.165) is 38.2 Å². The minimum Gasteiger partial charge on any atom is -0.357 e. The highest BCUT2D eigenvalue weighted by molar-refractivity contribution is 6.04. The van der Waals surface area contributed by atoms with E-state index >= 15 is 0 Å². The first-order valence-corrected chi connectivity index (χ1v) is 10.3. The third-order valence-electron chi connectivity index (χ3n) is 5.47. The van der Waals surface area contributed by atoms with Crippen LogP contribution in [0, 0.1) is 17.2 Å². The Morgan fingerprint density at radius 2 is 1.90 bits per heavy atom. The van der Waals surface area contributed by atoms with Gasteiger partial charge in [0.1, 0.15) is 5.82 Å². The summed E-state index contributed by atoms with van der Waals surface area (Å²) in [6, 6.07) is 12.4. The Morgan fingerprint density at radius 1 is 1.20 bits per heavy atom. The molecule has 0 saturated carbocycles. The Labute approximate surface area is 177 Å². The molecule has 1 saturated heterocycles. The van der Waals surface area contributed by atoms with E-state index in [1.165, 1.54) is 0 Å². The highest BCUT2D eigenvalue weighted by atomic mass is 16.2. The van der Waals surface area contributed by atoms with Gasteiger partial charge in [0, 0.05) is 30.6 Å². The number of pyridine rings is 1. The predicted octanol–water partition coefficient (Wildman–Crippen LogP) is 3.34. The smallest absolute Gasteiger partial charge is 0.255 e. The van der Waals surface area contributed by atoms with Gasteiger partial charge in [-0.05, 0) is 62.6 Å². The van der Waals surface area contributed by atoms with Crippen molar-refractivity contribution in [2.24, 2.45) is 5.92 Å². The number of nitrogens with zero attached hydrogens (tertiary/aromatic N) is 3. The molecule has 1 fully saturated rings. The van der Waals surface area contributed by atoms with Crippen molar-refractivity contribution >= 4 is 23.3 Å². The molecule has 7 nitrogen and oxygen atoms in total. The van der Waals surface area contributed by atoms with Gasteiger partial charge in [-0.25, -0.2) is 4.98 Å². The highest BCUT2D eigenvalue weighted by Gasteiger charge is 2.26. The monoisotopic (exact) mass is 405 g/mol. The second-order valence-electron chi connectivity index (χ2n) is 7.63. The summed E-state index contributed by atoms with van der Waals surface area (Å²) in [5, 5.41) is 14.7. The third kappa shape index (κ3) is 5.35. The predicted molar refractivity (Wildman–Crippen MR) is 116 cm³/mol. The Balaban J connectivity index is 1.53. The Kier molecular flexibility index (Phi) is 7.02. The molecule has 2 heterocycles. The molecule has 1 aliphatic rings. The number of aromatic nitrogens is 1. The molecule has 0 radical (unpaired) electrons. The Morgan fingerprint density at radius 3 is 2.47 bits per heavy atom. The van der Waals surface area contributed by atoms with E-state index in [4.69, 9.17) is 5.26 Å². The van der Waals surface area contributed by atoms with Gasteiger partial charge in [0.2, 0.25) is 5.91 Å². The van der Waals surface area contributed by atoms with Crippen molar-refractivity contribution in [3.63, 3.8) is 0 Å². The van der Waals surface area contributed by atoms with Crippen LogP contribution in [0.1, 0.15) is 49.0 Å². The summed E-state index contributed by atoms with van der Waals surface area (Å²) in [6.45, 7) is 5.65. The maximum atomic E-state index is 12.3. The average Bonchev–Trinajstić information content (AvgIpc) is 2.79. The largest absolute Gasteiger partial charge is 0.357 e. The summed E-state index contributed by atoms with van der Waals surface area (Å²) in [6.07, 6.45) is 4.18. The first-order chi connectivity index (χ1) is 14.5. The van der Waals surface area contributed by atoms with E-state index in [0.29, 0.717) is 16.8 Å². The number of hydrogen-bond acceptors (Lipinski definition) is 5. The van der Waals surface area contributed by atoms with Crippen LogP contribution in [0.5, 0.6) is 0 Å². The van der Waals surface area contributed by atoms with Gasteiger partial charge in [0.15, 0.2) is 0 Å². The second-order valence-corrected chi connectivity index (χ2v) is 7.63. The van der Waals surface area contributed by atoms with Crippen LogP contribution in [0.4, 0.5) is 11.5 Å². The molecule has 7 heteroatoms. The fourth-order valence-electron chi connectivity index (χ4n) is 3.38. The molecule has 1 aromatic heterocycles. The van der Waals surface area contributed by atoms with E-state index in [-0.39, 0.29) is 23.8 Å². The summed E-state index contributed by atoms with van der Waals surface area (Å²) in [7, 11) is 0. The van der Waals surface area contributed by atoms with E-state index in [2.05, 4.69) is 27.4 Å². The fourth-order valence-corrected chi connectivity index (χ4v) is 3.38. The molecular weight excluding hydrogens is 378 g/mol. The first-order valence-electron chi connectivity index (χ1n) is 10.3. The van der Waals surface area contributed by atoms with Gasteiger partial charge in [-0.1, -0.05) is 6.92 Å². The maximum Gasteiger partial charge on any atom is 0.255 e. The molecule has 1 atom stereocenters. The zero-order valence-corrected chi connectivity index (χ0v) is 17.4. The van der Waals surface area contributed by atoms with Gasteiger partial charge >= 0.3 is 0 Å². The Hall–Kier alpha value is -3.40. The van der Waals surface area contributed by atoms with Crippen molar-refractivity contribution in [2.75, 3.05) is 23.3 Å². The number of benzene rings is 1. The first kappa shape index (κ1) is 21.3. The minimum atomic E-state index is -0.248. The van der Waals surface area contributed by atoms with Crippen molar-refractivity contribution in [2.45, 2.75) is 39.2 Å². The lowest BCUT2D eigenvalue weighted by Crippen LogP contribution is -2.43. The molecule has 3 rings (SSSR count). The topological polar surface area (TPSA) is 98.1 Å². The lowest BCUT2D eigenvalue weighted by atomic mass is 9.95. The number of anilines is 2. The third-order valence-corrected chi connectivity index (χ3v) is 5.47. The lowest BCUT2D eigenvalue weighted by molar-refractivity contribution is -0.126. The molecular formula is C23H27N5O2.